The van der Waals surface area contributed by atoms with Crippen LogP contribution in [0.4, 0.5) is 0 Å². The number of aliphatic hydroxyl groups excluding tert-OH is 1. The lowest BCUT2D eigenvalue weighted by Gasteiger charge is -2.65. The zero-order valence-electron chi connectivity index (χ0n) is 27.4. The number of benzene rings is 3. The molecule has 8 atom stereocenters. The van der Waals surface area contributed by atoms with E-state index in [1.54, 1.807) is 0 Å². The molecule has 4 fully saturated rings. The molecule has 46 heavy (non-hydrogen) atoms. The van der Waals surface area contributed by atoms with Crippen LogP contribution in [0.2, 0.25) is 0 Å². The summed E-state index contributed by atoms with van der Waals surface area (Å²) in [6, 6.07) is 31.5. The second kappa shape index (κ2) is 12.2. The van der Waals surface area contributed by atoms with Gasteiger partial charge in [-0.05, 0) is 98.1 Å². The van der Waals surface area contributed by atoms with Gasteiger partial charge in [0.05, 0.1) is 30.8 Å². The highest BCUT2D eigenvalue weighted by Gasteiger charge is 2.67. The number of hydrogen-bond donors (Lipinski definition) is 2. The maximum atomic E-state index is 13.2. The Labute approximate surface area is 274 Å². The van der Waals surface area contributed by atoms with Gasteiger partial charge in [0.25, 0.3) is 0 Å². The van der Waals surface area contributed by atoms with Crippen molar-refractivity contribution in [2.75, 3.05) is 13.2 Å². The number of aliphatic hydroxyl groups is 2. The molecule has 5 nitrogen and oxygen atoms in total. The third-order valence-corrected chi connectivity index (χ3v) is 13.1. The fourth-order valence-electron chi connectivity index (χ4n) is 11.0. The van der Waals surface area contributed by atoms with E-state index in [1.807, 2.05) is 25.1 Å². The summed E-state index contributed by atoms with van der Waals surface area (Å²) < 4.78 is 13.1. The molecule has 0 bridgehead atoms. The smallest absolute Gasteiger partial charge is 0.309 e. The number of carbonyl (C=O) groups excluding carboxylic acids is 1. The molecule has 0 heterocycles. The predicted molar refractivity (Wildman–Crippen MR) is 179 cm³/mol. The van der Waals surface area contributed by atoms with Gasteiger partial charge in [-0.25, -0.2) is 0 Å². The van der Waals surface area contributed by atoms with Crippen molar-refractivity contribution < 1.29 is 24.5 Å². The quantitative estimate of drug-likeness (QED) is 0.199. The molecule has 4 aliphatic carbocycles. The molecule has 7 rings (SSSR count). The largest absolute Gasteiger partial charge is 0.466 e. The van der Waals surface area contributed by atoms with Crippen molar-refractivity contribution in [2.45, 2.75) is 88.9 Å². The van der Waals surface area contributed by atoms with Gasteiger partial charge in [-0.15, -0.1) is 0 Å². The molecule has 0 aromatic heterocycles. The second-order valence-electron chi connectivity index (χ2n) is 15.0. The highest BCUT2D eigenvalue weighted by atomic mass is 16.5. The van der Waals surface area contributed by atoms with Crippen LogP contribution in [-0.4, -0.2) is 41.1 Å². The Balaban J connectivity index is 1.31. The summed E-state index contributed by atoms with van der Waals surface area (Å²) in [4.78, 5) is 13.2. The van der Waals surface area contributed by atoms with Crippen LogP contribution in [0.3, 0.4) is 0 Å². The van der Waals surface area contributed by atoms with Crippen LogP contribution in [-0.2, 0) is 19.9 Å². The van der Waals surface area contributed by atoms with E-state index in [-0.39, 0.29) is 23.2 Å². The molecule has 0 radical (unpaired) electrons. The van der Waals surface area contributed by atoms with Gasteiger partial charge >= 0.3 is 5.97 Å². The van der Waals surface area contributed by atoms with Crippen LogP contribution >= 0.6 is 0 Å². The maximum absolute atomic E-state index is 13.2. The molecule has 4 aliphatic rings. The minimum absolute atomic E-state index is 0.0320. The molecule has 5 heteroatoms. The number of ether oxygens (including phenoxy) is 2. The molecule has 3 aromatic rings. The van der Waals surface area contributed by atoms with Gasteiger partial charge in [-0.2, -0.15) is 0 Å². The number of hydrogen-bond acceptors (Lipinski definition) is 5. The van der Waals surface area contributed by atoms with Crippen LogP contribution < -0.4 is 0 Å². The van der Waals surface area contributed by atoms with Crippen molar-refractivity contribution in [1.29, 1.82) is 0 Å². The predicted octanol–water partition coefficient (Wildman–Crippen LogP) is 7.67. The number of rotatable bonds is 8. The van der Waals surface area contributed by atoms with E-state index in [0.717, 1.165) is 55.2 Å². The van der Waals surface area contributed by atoms with E-state index in [0.29, 0.717) is 44.3 Å². The van der Waals surface area contributed by atoms with Crippen LogP contribution in [0.1, 0.15) is 88.3 Å². The van der Waals surface area contributed by atoms with Gasteiger partial charge in [-0.1, -0.05) is 97.9 Å². The summed E-state index contributed by atoms with van der Waals surface area (Å²) in [7, 11) is 0. The lowest BCUT2D eigenvalue weighted by Crippen LogP contribution is -2.66. The Bertz CT molecular complexity index is 1400. The Hall–Kier alpha value is -2.99. The molecule has 3 aromatic carbocycles. The molecular weight excluding hydrogens is 572 g/mol. The number of carbonyl (C=O) groups is 1. The van der Waals surface area contributed by atoms with E-state index < -0.39 is 22.7 Å². The molecular formula is C41H50O5. The zero-order chi connectivity index (χ0) is 32.0. The SMILES string of the molecule is CCOC(=O)[C@H]1CC[C@H]2[C@@H]3CC[C@@]4(O)C[C@@H](O)CC[C@]4(COC(c4ccccc4)(c4ccccc4)c4ccccc4)[C@H]3CC[C@]12C. The average molecular weight is 623 g/mol. The summed E-state index contributed by atoms with van der Waals surface area (Å²) in [5.74, 6) is 0.975. The van der Waals surface area contributed by atoms with E-state index >= 15 is 0 Å². The molecule has 0 saturated heterocycles. The Morgan fingerprint density at radius 2 is 1.37 bits per heavy atom. The normalized spacial score (nSPS) is 35.4. The van der Waals surface area contributed by atoms with E-state index in [4.69, 9.17) is 9.47 Å². The second-order valence-corrected chi connectivity index (χ2v) is 15.0. The van der Waals surface area contributed by atoms with Crippen molar-refractivity contribution in [3.63, 3.8) is 0 Å². The Kier molecular flexibility index (Phi) is 8.40. The van der Waals surface area contributed by atoms with Gasteiger partial charge in [0, 0.05) is 11.8 Å². The first-order valence-electron chi connectivity index (χ1n) is 17.6. The van der Waals surface area contributed by atoms with Crippen LogP contribution in [0, 0.1) is 34.5 Å². The lowest BCUT2D eigenvalue weighted by molar-refractivity contribution is -0.253. The van der Waals surface area contributed by atoms with Gasteiger partial charge in [0.2, 0.25) is 0 Å². The molecule has 244 valence electrons. The zero-order valence-corrected chi connectivity index (χ0v) is 27.4. The summed E-state index contributed by atoms with van der Waals surface area (Å²) in [6.07, 6.45) is 6.66. The van der Waals surface area contributed by atoms with Gasteiger partial charge < -0.3 is 19.7 Å². The molecule has 4 saturated carbocycles. The fraction of sp³-hybridized carbons (Fsp3) is 0.537. The van der Waals surface area contributed by atoms with E-state index in [9.17, 15) is 15.0 Å². The van der Waals surface area contributed by atoms with Gasteiger partial charge in [0.1, 0.15) is 5.60 Å². The molecule has 0 spiro atoms. The summed E-state index contributed by atoms with van der Waals surface area (Å²) in [6.45, 7) is 5.04. The van der Waals surface area contributed by atoms with Crippen molar-refractivity contribution in [3.8, 4) is 0 Å². The highest BCUT2D eigenvalue weighted by Crippen LogP contribution is 2.69. The minimum atomic E-state index is -1.02. The number of esters is 1. The van der Waals surface area contributed by atoms with E-state index in [2.05, 4.69) is 79.7 Å². The average Bonchev–Trinajstić information content (AvgIpc) is 3.44. The first-order valence-corrected chi connectivity index (χ1v) is 17.6. The third kappa shape index (κ3) is 4.88. The summed E-state index contributed by atoms with van der Waals surface area (Å²) in [5.41, 5.74) is 0.672. The summed E-state index contributed by atoms with van der Waals surface area (Å²) in [5, 5.41) is 23.7. The van der Waals surface area contributed by atoms with Crippen LogP contribution in [0.25, 0.3) is 0 Å². The van der Waals surface area contributed by atoms with Crippen molar-refractivity contribution in [3.05, 3.63) is 108 Å². The van der Waals surface area contributed by atoms with Crippen molar-refractivity contribution >= 4 is 5.97 Å². The third-order valence-electron chi connectivity index (χ3n) is 13.1. The van der Waals surface area contributed by atoms with E-state index in [1.165, 1.54) is 0 Å². The first kappa shape index (κ1) is 31.6. The van der Waals surface area contributed by atoms with Crippen molar-refractivity contribution in [1.82, 2.24) is 0 Å². The molecule has 0 unspecified atom stereocenters. The van der Waals surface area contributed by atoms with Crippen molar-refractivity contribution in [2.24, 2.45) is 34.5 Å². The Morgan fingerprint density at radius 1 is 0.783 bits per heavy atom. The molecule has 0 aliphatic heterocycles. The van der Waals surface area contributed by atoms with Gasteiger partial charge in [-0.3, -0.25) is 4.79 Å². The lowest BCUT2D eigenvalue weighted by atomic mass is 9.43. The molecule has 2 N–H and O–H groups in total. The Morgan fingerprint density at radius 3 is 1.93 bits per heavy atom. The fourth-order valence-corrected chi connectivity index (χ4v) is 11.0. The van der Waals surface area contributed by atoms with Gasteiger partial charge in [0.15, 0.2) is 0 Å². The topological polar surface area (TPSA) is 76.0 Å². The van der Waals surface area contributed by atoms with Crippen LogP contribution in [0.15, 0.2) is 91.0 Å². The standard InChI is InChI=1S/C41H50O5/c1-3-45-37(43)36-20-19-34-33-22-26-40(44)27-32(42)21-25-39(40,35(33)23-24-38(34,36)2)28-46-41(29-13-7-4-8-14-29,30-15-9-5-10-16-30)31-17-11-6-12-18-31/h4-18,32-36,42,44H,3,19-28H2,1-2H3/t32-,33-,34-,35-,36+,38-,39-,40+/m0/s1. The molecule has 0 amide bonds. The summed E-state index contributed by atoms with van der Waals surface area (Å²) >= 11 is 0. The monoisotopic (exact) mass is 622 g/mol. The first-order chi connectivity index (χ1) is 22.3. The minimum Gasteiger partial charge on any atom is -0.466 e. The van der Waals surface area contributed by atoms with Crippen LogP contribution in [0.5, 0.6) is 0 Å². The maximum Gasteiger partial charge on any atom is 0.309 e. The highest BCUT2D eigenvalue weighted by molar-refractivity contribution is 5.74. The number of fused-ring (bicyclic) bond motifs is 5.